The predicted molar refractivity (Wildman–Crippen MR) is 148 cm³/mol. The van der Waals surface area contributed by atoms with Gasteiger partial charge in [0.05, 0.1) is 30.1 Å². The van der Waals surface area contributed by atoms with E-state index in [4.69, 9.17) is 14.6 Å². The molecule has 2 aliphatic heterocycles. The van der Waals surface area contributed by atoms with Gasteiger partial charge in [-0.2, -0.15) is 5.10 Å². The van der Waals surface area contributed by atoms with Gasteiger partial charge in [0.2, 0.25) is 0 Å². The molecular weight excluding hydrogens is 482 g/mol. The summed E-state index contributed by atoms with van der Waals surface area (Å²) in [5.41, 5.74) is 2.03. The Morgan fingerprint density at radius 2 is 1.47 bits per heavy atom. The molecule has 0 unspecified atom stereocenters. The number of benzene rings is 1. The molecule has 9 heteroatoms. The summed E-state index contributed by atoms with van der Waals surface area (Å²) >= 11 is 0. The van der Waals surface area contributed by atoms with Crippen molar-refractivity contribution >= 4 is 17.7 Å². The summed E-state index contributed by atoms with van der Waals surface area (Å²) in [6.45, 7) is 16.0. The normalized spacial score (nSPS) is 17.5. The van der Waals surface area contributed by atoms with Crippen LogP contribution in [0.25, 0.3) is 0 Å². The molecule has 2 aromatic rings. The van der Waals surface area contributed by atoms with E-state index in [1.165, 1.54) is 0 Å². The minimum atomic E-state index is -0.518. The van der Waals surface area contributed by atoms with Gasteiger partial charge >= 0.3 is 6.09 Å². The van der Waals surface area contributed by atoms with Crippen LogP contribution in [0.3, 0.4) is 0 Å². The second-order valence-electron chi connectivity index (χ2n) is 12.2. The largest absolute Gasteiger partial charge is 0.497 e. The lowest BCUT2D eigenvalue weighted by atomic mass is 9.90. The Morgan fingerprint density at radius 3 is 2.00 bits per heavy atom. The third kappa shape index (κ3) is 6.25. The number of nitrogens with zero attached hydrogens (tertiary/aromatic N) is 5. The number of piperazine rings is 1. The zero-order valence-electron chi connectivity index (χ0n) is 24.0. The highest BCUT2D eigenvalue weighted by Gasteiger charge is 2.35. The van der Waals surface area contributed by atoms with Gasteiger partial charge in [0.15, 0.2) is 0 Å². The standard InChI is InChI=1S/C29H43N5O4/c1-28(2,3)34-25(21-12-14-33(15-13-21)27(36)38-29(4,5)6)24(20-30-34)26(35)32-18-16-31(17-19-32)22-8-10-23(37-7)11-9-22/h8-11,20-21H,12-19H2,1-7H3. The van der Waals surface area contributed by atoms with E-state index in [0.717, 1.165) is 43.1 Å². The number of likely N-dealkylation sites (tertiary alicyclic amines) is 1. The number of ether oxygens (including phenoxy) is 2. The van der Waals surface area contributed by atoms with Crippen LogP contribution in [-0.4, -0.2) is 83.6 Å². The van der Waals surface area contributed by atoms with Crippen molar-refractivity contribution in [3.63, 3.8) is 0 Å². The van der Waals surface area contributed by atoms with E-state index in [0.29, 0.717) is 31.7 Å². The third-order valence-corrected chi connectivity index (χ3v) is 7.21. The van der Waals surface area contributed by atoms with E-state index in [1.807, 2.05) is 42.5 Å². The molecule has 1 aromatic carbocycles. The van der Waals surface area contributed by atoms with Crippen LogP contribution in [-0.2, 0) is 10.3 Å². The highest BCUT2D eigenvalue weighted by molar-refractivity contribution is 5.95. The molecule has 2 aliphatic rings. The first-order valence-electron chi connectivity index (χ1n) is 13.6. The van der Waals surface area contributed by atoms with E-state index in [2.05, 4.69) is 37.8 Å². The van der Waals surface area contributed by atoms with Crippen molar-refractivity contribution in [2.45, 2.75) is 71.4 Å². The third-order valence-electron chi connectivity index (χ3n) is 7.21. The average Bonchev–Trinajstić information content (AvgIpc) is 3.33. The molecule has 0 saturated carbocycles. The van der Waals surface area contributed by atoms with Crippen LogP contribution in [0, 0.1) is 0 Å². The minimum Gasteiger partial charge on any atom is -0.497 e. The van der Waals surface area contributed by atoms with E-state index in [9.17, 15) is 9.59 Å². The van der Waals surface area contributed by atoms with Crippen LogP contribution in [0.15, 0.2) is 30.5 Å². The van der Waals surface area contributed by atoms with Crippen molar-refractivity contribution in [1.82, 2.24) is 19.6 Å². The average molecular weight is 526 g/mol. The first-order valence-corrected chi connectivity index (χ1v) is 13.6. The molecule has 4 rings (SSSR count). The zero-order chi connectivity index (χ0) is 27.7. The molecule has 2 amide bonds. The molecule has 0 spiro atoms. The van der Waals surface area contributed by atoms with Gasteiger partial charge in [-0.25, -0.2) is 4.79 Å². The van der Waals surface area contributed by atoms with Gasteiger partial charge in [-0.05, 0) is 78.6 Å². The van der Waals surface area contributed by atoms with Crippen LogP contribution in [0.2, 0.25) is 0 Å². The number of anilines is 1. The molecule has 0 bridgehead atoms. The number of carbonyl (C=O) groups is 2. The number of rotatable bonds is 4. The summed E-state index contributed by atoms with van der Waals surface area (Å²) in [6, 6.07) is 8.05. The highest BCUT2D eigenvalue weighted by Crippen LogP contribution is 2.34. The number of hydrogen-bond donors (Lipinski definition) is 0. The summed E-state index contributed by atoms with van der Waals surface area (Å²) < 4.78 is 12.9. The first kappa shape index (κ1) is 27.8. The second-order valence-corrected chi connectivity index (χ2v) is 12.2. The summed E-state index contributed by atoms with van der Waals surface area (Å²) in [5, 5.41) is 4.70. The van der Waals surface area contributed by atoms with Crippen molar-refractivity contribution in [2.24, 2.45) is 0 Å². The molecule has 0 atom stereocenters. The van der Waals surface area contributed by atoms with Crippen molar-refractivity contribution in [3.05, 3.63) is 41.7 Å². The second kappa shape index (κ2) is 10.9. The molecule has 1 aromatic heterocycles. The molecule has 0 radical (unpaired) electrons. The summed E-state index contributed by atoms with van der Waals surface area (Å²) in [4.78, 5) is 32.4. The Kier molecular flexibility index (Phi) is 7.95. The fourth-order valence-electron chi connectivity index (χ4n) is 5.24. The highest BCUT2D eigenvalue weighted by atomic mass is 16.6. The number of amides is 2. The molecule has 0 aliphatic carbocycles. The Hall–Kier alpha value is -3.23. The summed E-state index contributed by atoms with van der Waals surface area (Å²) in [6.07, 6.45) is 3.02. The van der Waals surface area contributed by atoms with Gasteiger partial charge in [-0.1, -0.05) is 0 Å². The van der Waals surface area contributed by atoms with Crippen LogP contribution >= 0.6 is 0 Å². The monoisotopic (exact) mass is 525 g/mol. The summed E-state index contributed by atoms with van der Waals surface area (Å²) in [7, 11) is 1.67. The Morgan fingerprint density at radius 1 is 0.868 bits per heavy atom. The fourth-order valence-corrected chi connectivity index (χ4v) is 5.24. The SMILES string of the molecule is COc1ccc(N2CCN(C(=O)c3cnn(C(C)(C)C)c3C3CCN(C(=O)OC(C)(C)C)CC3)CC2)cc1. The zero-order valence-corrected chi connectivity index (χ0v) is 24.0. The van der Waals surface area contributed by atoms with Gasteiger partial charge in [-0.15, -0.1) is 0 Å². The van der Waals surface area contributed by atoms with Crippen LogP contribution in [0.5, 0.6) is 5.75 Å². The smallest absolute Gasteiger partial charge is 0.410 e. The molecular formula is C29H43N5O4. The van der Waals surface area contributed by atoms with Crippen LogP contribution in [0.4, 0.5) is 10.5 Å². The van der Waals surface area contributed by atoms with Crippen molar-refractivity contribution in [1.29, 1.82) is 0 Å². The van der Waals surface area contributed by atoms with Gasteiger partial charge in [0, 0.05) is 50.9 Å². The first-order chi connectivity index (χ1) is 17.9. The Balaban J connectivity index is 1.46. The molecule has 38 heavy (non-hydrogen) atoms. The molecule has 2 saturated heterocycles. The predicted octanol–water partition coefficient (Wildman–Crippen LogP) is 4.72. The Bertz CT molecular complexity index is 1110. The minimum absolute atomic E-state index is 0.0412. The van der Waals surface area contributed by atoms with Crippen molar-refractivity contribution in [2.75, 3.05) is 51.3 Å². The number of methoxy groups -OCH3 is 1. The van der Waals surface area contributed by atoms with Crippen LogP contribution in [0.1, 0.15) is 76.4 Å². The lowest BCUT2D eigenvalue weighted by Crippen LogP contribution is -2.49. The van der Waals surface area contributed by atoms with Crippen molar-refractivity contribution in [3.8, 4) is 5.75 Å². The quantitative estimate of drug-likeness (QED) is 0.575. The molecule has 3 heterocycles. The number of carbonyl (C=O) groups excluding carboxylic acids is 2. The molecule has 2 fully saturated rings. The maximum absolute atomic E-state index is 13.8. The fraction of sp³-hybridized carbons (Fsp3) is 0.621. The number of aromatic nitrogens is 2. The lowest BCUT2D eigenvalue weighted by Gasteiger charge is -2.37. The van der Waals surface area contributed by atoms with E-state index < -0.39 is 5.60 Å². The summed E-state index contributed by atoms with van der Waals surface area (Å²) in [5.74, 6) is 1.03. The number of piperidine rings is 1. The maximum Gasteiger partial charge on any atom is 0.410 e. The van der Waals surface area contributed by atoms with E-state index >= 15 is 0 Å². The van der Waals surface area contributed by atoms with Gasteiger partial charge < -0.3 is 24.2 Å². The molecule has 208 valence electrons. The lowest BCUT2D eigenvalue weighted by molar-refractivity contribution is 0.0201. The van der Waals surface area contributed by atoms with E-state index in [-0.39, 0.29) is 23.5 Å². The Labute approximate surface area is 226 Å². The van der Waals surface area contributed by atoms with Crippen molar-refractivity contribution < 1.29 is 19.1 Å². The topological polar surface area (TPSA) is 80.1 Å². The van der Waals surface area contributed by atoms with E-state index in [1.54, 1.807) is 18.2 Å². The number of hydrogen-bond acceptors (Lipinski definition) is 6. The maximum atomic E-state index is 13.8. The van der Waals surface area contributed by atoms with Gasteiger partial charge in [0.1, 0.15) is 11.4 Å². The molecule has 9 nitrogen and oxygen atoms in total. The molecule has 0 N–H and O–H groups in total. The van der Waals surface area contributed by atoms with Gasteiger partial charge in [-0.3, -0.25) is 9.48 Å². The van der Waals surface area contributed by atoms with Crippen LogP contribution < -0.4 is 9.64 Å². The van der Waals surface area contributed by atoms with Gasteiger partial charge in [0.25, 0.3) is 5.91 Å².